The van der Waals surface area contributed by atoms with Crippen LogP contribution < -0.4 is 0 Å². The van der Waals surface area contributed by atoms with Gasteiger partial charge in [0.15, 0.2) is 0 Å². The molecule has 0 saturated heterocycles. The van der Waals surface area contributed by atoms with Gasteiger partial charge in [0.1, 0.15) is 11.4 Å². The number of oxime groups is 2. The first-order chi connectivity index (χ1) is 14.7. The Hall–Kier alpha value is -1.06. The topological polar surface area (TPSA) is 65.2 Å². The maximum Gasteiger partial charge on any atom is 0.105 e. The predicted molar refractivity (Wildman–Crippen MR) is 127 cm³/mol. The lowest BCUT2D eigenvalue weighted by Crippen LogP contribution is -2.55. The third kappa shape index (κ3) is 3.84. The second kappa shape index (κ2) is 8.71. The summed E-state index contributed by atoms with van der Waals surface area (Å²) >= 11 is 0. The first kappa shape index (κ1) is 23.1. The molecule has 0 aromatic rings. The van der Waals surface area contributed by atoms with E-state index < -0.39 is 0 Å². The molecule has 0 amide bonds. The monoisotopic (exact) mass is 430 g/mol. The number of hydrogen-bond donors (Lipinski definition) is 2. The lowest BCUT2D eigenvalue weighted by atomic mass is 9.44. The van der Waals surface area contributed by atoms with Crippen molar-refractivity contribution >= 4 is 11.4 Å². The Balaban J connectivity index is 1.50. The van der Waals surface area contributed by atoms with Gasteiger partial charge in [0.25, 0.3) is 0 Å². The van der Waals surface area contributed by atoms with Gasteiger partial charge in [-0.05, 0) is 97.2 Å². The summed E-state index contributed by atoms with van der Waals surface area (Å²) in [6.45, 7) is 12.4. The molecular weight excluding hydrogens is 384 g/mol. The van der Waals surface area contributed by atoms with Crippen LogP contribution in [0.3, 0.4) is 0 Å². The normalized spacial score (nSPS) is 46.1. The van der Waals surface area contributed by atoms with Gasteiger partial charge in [0, 0.05) is 6.42 Å². The smallest absolute Gasteiger partial charge is 0.105 e. The highest BCUT2D eigenvalue weighted by Crippen LogP contribution is 2.68. The second-order valence-electron chi connectivity index (χ2n) is 12.7. The lowest BCUT2D eigenvalue weighted by molar-refractivity contribution is -0.0976. The number of nitrogens with zero attached hydrogens (tertiary/aromatic N) is 2. The molecule has 0 spiro atoms. The highest BCUT2D eigenvalue weighted by atomic mass is 16.4. The van der Waals surface area contributed by atoms with Crippen molar-refractivity contribution in [1.82, 2.24) is 0 Å². The Morgan fingerprint density at radius 1 is 0.871 bits per heavy atom. The van der Waals surface area contributed by atoms with Crippen LogP contribution in [0.15, 0.2) is 10.3 Å². The summed E-state index contributed by atoms with van der Waals surface area (Å²) in [5, 5.41) is 26.0. The van der Waals surface area contributed by atoms with E-state index in [1.165, 1.54) is 57.8 Å². The average molecular weight is 431 g/mol. The minimum Gasteiger partial charge on any atom is -0.411 e. The zero-order chi connectivity index (χ0) is 22.4. The van der Waals surface area contributed by atoms with Crippen LogP contribution in [-0.4, -0.2) is 21.8 Å². The van der Waals surface area contributed by atoms with Gasteiger partial charge in [-0.25, -0.2) is 0 Å². The molecule has 4 heteroatoms. The van der Waals surface area contributed by atoms with Crippen LogP contribution in [0.25, 0.3) is 0 Å². The molecule has 31 heavy (non-hydrogen) atoms. The highest BCUT2D eigenvalue weighted by molar-refractivity contribution is 6.42. The second-order valence-corrected chi connectivity index (χ2v) is 12.7. The van der Waals surface area contributed by atoms with E-state index in [9.17, 15) is 10.4 Å². The fourth-order valence-electron chi connectivity index (χ4n) is 9.18. The Morgan fingerprint density at radius 2 is 1.58 bits per heavy atom. The Morgan fingerprint density at radius 3 is 2.26 bits per heavy atom. The van der Waals surface area contributed by atoms with Gasteiger partial charge in [0.2, 0.25) is 0 Å². The summed E-state index contributed by atoms with van der Waals surface area (Å²) < 4.78 is 0. The van der Waals surface area contributed by atoms with Crippen molar-refractivity contribution < 1.29 is 10.4 Å². The van der Waals surface area contributed by atoms with Gasteiger partial charge in [0.05, 0.1) is 0 Å². The molecule has 4 fully saturated rings. The van der Waals surface area contributed by atoms with E-state index in [4.69, 9.17) is 0 Å². The van der Waals surface area contributed by atoms with Crippen molar-refractivity contribution in [2.75, 3.05) is 0 Å². The maximum atomic E-state index is 9.58. The first-order valence-corrected chi connectivity index (χ1v) is 13.2. The summed E-state index contributed by atoms with van der Waals surface area (Å²) in [6, 6.07) is 0. The Kier molecular flexibility index (Phi) is 6.49. The van der Waals surface area contributed by atoms with E-state index in [2.05, 4.69) is 44.9 Å². The SMILES string of the molecule is CC(C)CCCC(C)C1CCC2C3CCC4CC(=N\O)/C(=N\O)CC4(C)C3CCC12C. The van der Waals surface area contributed by atoms with Crippen LogP contribution in [0, 0.1) is 52.3 Å². The van der Waals surface area contributed by atoms with E-state index in [-0.39, 0.29) is 5.41 Å². The number of hydrogen-bond acceptors (Lipinski definition) is 4. The standard InChI is InChI=1S/C27H46N2O2/c1-17(2)7-6-8-18(3)21-11-12-22-20-10-9-19-15-24(28-30)25(29-31)16-27(19,5)23(20)13-14-26(21,22)4/h17-23,30-31H,6-16H2,1-5H3/b28-24+,29-25-. The van der Waals surface area contributed by atoms with Crippen LogP contribution in [0.4, 0.5) is 0 Å². The first-order valence-electron chi connectivity index (χ1n) is 13.2. The fourth-order valence-corrected chi connectivity index (χ4v) is 9.18. The van der Waals surface area contributed by atoms with Crippen molar-refractivity contribution in [2.45, 2.75) is 105 Å². The van der Waals surface area contributed by atoms with Gasteiger partial charge in [-0.15, -0.1) is 0 Å². The molecule has 2 N–H and O–H groups in total. The third-order valence-corrected chi connectivity index (χ3v) is 10.8. The highest BCUT2D eigenvalue weighted by Gasteiger charge is 2.61. The Bertz CT molecular complexity index is 716. The van der Waals surface area contributed by atoms with Crippen LogP contribution in [0.1, 0.15) is 105 Å². The van der Waals surface area contributed by atoms with E-state index in [0.29, 0.717) is 22.8 Å². The minimum absolute atomic E-state index is 0.182. The van der Waals surface area contributed by atoms with Gasteiger partial charge in [-0.2, -0.15) is 0 Å². The third-order valence-electron chi connectivity index (χ3n) is 10.8. The van der Waals surface area contributed by atoms with Crippen molar-refractivity contribution in [3.63, 3.8) is 0 Å². The summed E-state index contributed by atoms with van der Waals surface area (Å²) in [6.07, 6.45) is 13.8. The van der Waals surface area contributed by atoms with Crippen molar-refractivity contribution in [3.05, 3.63) is 0 Å². The molecular formula is C27H46N2O2. The van der Waals surface area contributed by atoms with Crippen molar-refractivity contribution in [1.29, 1.82) is 0 Å². The van der Waals surface area contributed by atoms with Crippen LogP contribution >= 0.6 is 0 Å². The molecule has 8 atom stereocenters. The zero-order valence-corrected chi connectivity index (χ0v) is 20.6. The maximum absolute atomic E-state index is 9.58. The largest absolute Gasteiger partial charge is 0.411 e. The number of fused-ring (bicyclic) bond motifs is 5. The molecule has 0 aromatic heterocycles. The molecule has 176 valence electrons. The molecule has 8 unspecified atom stereocenters. The summed E-state index contributed by atoms with van der Waals surface area (Å²) in [4.78, 5) is 0. The van der Waals surface area contributed by atoms with E-state index in [1.54, 1.807) is 0 Å². The molecule has 0 aliphatic heterocycles. The van der Waals surface area contributed by atoms with Gasteiger partial charge in [-0.3, -0.25) is 0 Å². The summed E-state index contributed by atoms with van der Waals surface area (Å²) in [5.74, 6) is 5.53. The number of rotatable bonds is 5. The molecule has 0 bridgehead atoms. The molecule has 4 rings (SSSR count). The quantitative estimate of drug-likeness (QED) is 0.353. The molecule has 0 radical (unpaired) electrons. The van der Waals surface area contributed by atoms with Gasteiger partial charge >= 0.3 is 0 Å². The summed E-state index contributed by atoms with van der Waals surface area (Å²) in [5.41, 5.74) is 1.93. The fraction of sp³-hybridized carbons (Fsp3) is 0.926. The zero-order valence-electron chi connectivity index (χ0n) is 20.6. The molecule has 4 saturated carbocycles. The molecule has 4 nitrogen and oxygen atoms in total. The molecule has 4 aliphatic rings. The van der Waals surface area contributed by atoms with Crippen LogP contribution in [0.5, 0.6) is 0 Å². The van der Waals surface area contributed by atoms with Gasteiger partial charge < -0.3 is 10.4 Å². The lowest BCUT2D eigenvalue weighted by Gasteiger charge is -2.60. The van der Waals surface area contributed by atoms with Gasteiger partial charge in [-0.1, -0.05) is 64.2 Å². The molecule has 4 aliphatic carbocycles. The Labute approximate surface area is 189 Å². The van der Waals surface area contributed by atoms with E-state index >= 15 is 0 Å². The van der Waals surface area contributed by atoms with Crippen molar-refractivity contribution in [3.8, 4) is 0 Å². The van der Waals surface area contributed by atoms with Crippen LogP contribution in [0.2, 0.25) is 0 Å². The molecule has 0 aromatic carbocycles. The average Bonchev–Trinajstić information content (AvgIpc) is 3.09. The summed E-state index contributed by atoms with van der Waals surface area (Å²) in [7, 11) is 0. The van der Waals surface area contributed by atoms with Crippen molar-refractivity contribution in [2.24, 2.45) is 62.6 Å². The van der Waals surface area contributed by atoms with E-state index in [1.807, 2.05) is 0 Å². The molecule has 0 heterocycles. The van der Waals surface area contributed by atoms with E-state index in [0.717, 1.165) is 48.3 Å². The van der Waals surface area contributed by atoms with Crippen LogP contribution in [-0.2, 0) is 0 Å². The predicted octanol–water partition coefficient (Wildman–Crippen LogP) is 7.38. The minimum atomic E-state index is 0.182.